The van der Waals surface area contributed by atoms with Crippen molar-refractivity contribution in [1.82, 2.24) is 9.88 Å². The zero-order valence-corrected chi connectivity index (χ0v) is 12.1. The number of rotatable bonds is 4. The first-order valence-corrected chi connectivity index (χ1v) is 7.13. The Bertz CT molecular complexity index is 600. The summed E-state index contributed by atoms with van der Waals surface area (Å²) in [5.41, 5.74) is -1.24. The molecular formula is C15H20N2O4. The number of aromatic nitrogens is 1. The van der Waals surface area contributed by atoms with Crippen molar-refractivity contribution in [1.29, 1.82) is 0 Å². The van der Waals surface area contributed by atoms with Crippen LogP contribution < -0.4 is 10.9 Å². The molecule has 6 nitrogen and oxygen atoms in total. The molecule has 1 aliphatic rings. The van der Waals surface area contributed by atoms with Gasteiger partial charge in [0.2, 0.25) is 0 Å². The van der Waals surface area contributed by atoms with E-state index in [1.165, 1.54) is 10.6 Å². The van der Waals surface area contributed by atoms with Crippen molar-refractivity contribution < 1.29 is 14.7 Å². The van der Waals surface area contributed by atoms with E-state index in [9.17, 15) is 19.5 Å². The predicted molar refractivity (Wildman–Crippen MR) is 77.2 cm³/mol. The van der Waals surface area contributed by atoms with Gasteiger partial charge in [0, 0.05) is 19.8 Å². The molecule has 0 aromatic carbocycles. The number of aryl methyl sites for hydroxylation is 1. The summed E-state index contributed by atoms with van der Waals surface area (Å²) < 4.78 is 1.32. The normalized spacial score (nSPS) is 17.2. The van der Waals surface area contributed by atoms with Crippen LogP contribution in [0, 0.1) is 5.41 Å². The maximum absolute atomic E-state index is 12.1. The van der Waals surface area contributed by atoms with Crippen LogP contribution >= 0.6 is 0 Å². The number of carbonyl (C=O) groups excluding carboxylic acids is 1. The number of nitrogens with zero attached hydrogens (tertiary/aromatic N) is 1. The molecule has 21 heavy (non-hydrogen) atoms. The van der Waals surface area contributed by atoms with E-state index in [2.05, 4.69) is 5.32 Å². The minimum atomic E-state index is -0.895. The van der Waals surface area contributed by atoms with Crippen molar-refractivity contribution in [2.24, 2.45) is 12.5 Å². The van der Waals surface area contributed by atoms with E-state index in [1.54, 1.807) is 19.3 Å². The molecule has 0 aliphatic heterocycles. The van der Waals surface area contributed by atoms with Gasteiger partial charge in [-0.2, -0.15) is 0 Å². The number of hydrogen-bond acceptors (Lipinski definition) is 3. The van der Waals surface area contributed by atoms with E-state index in [1.807, 2.05) is 0 Å². The van der Waals surface area contributed by atoms with Crippen LogP contribution in [-0.2, 0) is 11.8 Å². The van der Waals surface area contributed by atoms with Gasteiger partial charge >= 0.3 is 5.97 Å². The van der Waals surface area contributed by atoms with Crippen LogP contribution in [0.3, 0.4) is 0 Å². The summed E-state index contributed by atoms with van der Waals surface area (Å²) in [7, 11) is 1.57. The number of nitrogens with one attached hydrogen (secondary N) is 1. The van der Waals surface area contributed by atoms with Gasteiger partial charge in [-0.05, 0) is 25.0 Å². The number of pyridine rings is 1. The third-order valence-electron chi connectivity index (χ3n) is 4.22. The summed E-state index contributed by atoms with van der Waals surface area (Å²) in [5, 5.41) is 12.1. The Morgan fingerprint density at radius 1 is 1.33 bits per heavy atom. The van der Waals surface area contributed by atoms with E-state index in [0.717, 1.165) is 19.3 Å². The number of carboxylic acids is 1. The molecule has 1 saturated carbocycles. The third-order valence-corrected chi connectivity index (χ3v) is 4.22. The zero-order chi connectivity index (χ0) is 15.5. The molecule has 0 spiro atoms. The molecule has 1 aromatic rings. The second-order valence-electron chi connectivity index (χ2n) is 5.67. The van der Waals surface area contributed by atoms with Crippen LogP contribution in [0.1, 0.15) is 42.5 Å². The van der Waals surface area contributed by atoms with Gasteiger partial charge in [0.1, 0.15) is 5.56 Å². The summed E-state index contributed by atoms with van der Waals surface area (Å²) in [6.45, 7) is 0.0687. The average Bonchev–Trinajstić information content (AvgIpc) is 2.48. The Hall–Kier alpha value is -2.11. The van der Waals surface area contributed by atoms with Crippen LogP contribution in [0.5, 0.6) is 0 Å². The van der Waals surface area contributed by atoms with Crippen molar-refractivity contribution >= 4 is 11.9 Å². The molecule has 1 heterocycles. The van der Waals surface area contributed by atoms with Crippen molar-refractivity contribution in [3.8, 4) is 0 Å². The minimum Gasteiger partial charge on any atom is -0.481 e. The summed E-state index contributed by atoms with van der Waals surface area (Å²) in [6, 6.07) is 3.07. The Morgan fingerprint density at radius 2 is 2.00 bits per heavy atom. The Morgan fingerprint density at radius 3 is 2.62 bits per heavy atom. The molecule has 0 radical (unpaired) electrons. The number of carboxylic acid groups (broad SMARTS) is 1. The SMILES string of the molecule is Cn1cccc(C(=O)NCC2(C(=O)O)CCCCC2)c1=O. The zero-order valence-electron chi connectivity index (χ0n) is 12.1. The fraction of sp³-hybridized carbons (Fsp3) is 0.533. The lowest BCUT2D eigenvalue weighted by Crippen LogP contribution is -2.45. The largest absolute Gasteiger partial charge is 0.481 e. The van der Waals surface area contributed by atoms with Gasteiger partial charge in [-0.1, -0.05) is 19.3 Å². The Kier molecular flexibility index (Phi) is 4.45. The number of aliphatic carboxylic acids is 1. The lowest BCUT2D eigenvalue weighted by atomic mass is 9.74. The highest BCUT2D eigenvalue weighted by Crippen LogP contribution is 2.36. The molecular weight excluding hydrogens is 272 g/mol. The van der Waals surface area contributed by atoms with E-state index < -0.39 is 17.3 Å². The van der Waals surface area contributed by atoms with Crippen LogP contribution in [0.4, 0.5) is 0 Å². The highest BCUT2D eigenvalue weighted by atomic mass is 16.4. The maximum atomic E-state index is 12.1. The van der Waals surface area contributed by atoms with Crippen molar-refractivity contribution in [2.45, 2.75) is 32.1 Å². The first-order chi connectivity index (χ1) is 9.96. The van der Waals surface area contributed by atoms with Crippen LogP contribution in [0.25, 0.3) is 0 Å². The highest BCUT2D eigenvalue weighted by Gasteiger charge is 2.39. The molecule has 1 fully saturated rings. The smallest absolute Gasteiger partial charge is 0.311 e. The second kappa shape index (κ2) is 6.11. The number of amides is 1. The first-order valence-electron chi connectivity index (χ1n) is 7.13. The van der Waals surface area contributed by atoms with Gasteiger partial charge in [0.15, 0.2) is 0 Å². The fourth-order valence-electron chi connectivity index (χ4n) is 2.81. The Balaban J connectivity index is 2.11. The van der Waals surface area contributed by atoms with Crippen LogP contribution in [0.15, 0.2) is 23.1 Å². The molecule has 6 heteroatoms. The summed E-state index contributed by atoms with van der Waals surface area (Å²) in [4.78, 5) is 35.5. The van der Waals surface area contributed by atoms with Crippen LogP contribution in [-0.4, -0.2) is 28.1 Å². The summed E-state index contributed by atoms with van der Waals surface area (Å²) in [6.07, 6.45) is 5.44. The van der Waals surface area contributed by atoms with Gasteiger partial charge < -0.3 is 15.0 Å². The molecule has 0 saturated heterocycles. The van der Waals surface area contributed by atoms with Gasteiger partial charge in [-0.15, -0.1) is 0 Å². The maximum Gasteiger partial charge on any atom is 0.311 e. The molecule has 1 aromatic heterocycles. The molecule has 0 unspecified atom stereocenters. The van der Waals surface area contributed by atoms with E-state index in [4.69, 9.17) is 0 Å². The van der Waals surface area contributed by atoms with Crippen molar-refractivity contribution in [2.75, 3.05) is 6.54 Å². The molecule has 1 aliphatic carbocycles. The fourth-order valence-corrected chi connectivity index (χ4v) is 2.81. The minimum absolute atomic E-state index is 0.0383. The van der Waals surface area contributed by atoms with Gasteiger partial charge in [0.25, 0.3) is 11.5 Å². The topological polar surface area (TPSA) is 88.4 Å². The third kappa shape index (κ3) is 3.15. The lowest BCUT2D eigenvalue weighted by Gasteiger charge is -2.33. The standard InChI is InChI=1S/C15H20N2O4/c1-17-9-5-6-11(13(17)19)12(18)16-10-15(14(20)21)7-3-2-4-8-15/h5-6,9H,2-4,7-8,10H2,1H3,(H,16,18)(H,20,21). The average molecular weight is 292 g/mol. The number of hydrogen-bond donors (Lipinski definition) is 2. The van der Waals surface area contributed by atoms with Crippen molar-refractivity contribution in [3.63, 3.8) is 0 Å². The van der Waals surface area contributed by atoms with E-state index in [-0.39, 0.29) is 17.7 Å². The first kappa shape index (κ1) is 15.3. The molecule has 1 amide bonds. The van der Waals surface area contributed by atoms with Crippen molar-refractivity contribution in [3.05, 3.63) is 34.2 Å². The molecule has 2 rings (SSSR count). The monoisotopic (exact) mass is 292 g/mol. The van der Waals surface area contributed by atoms with Gasteiger partial charge in [0.05, 0.1) is 5.41 Å². The molecule has 114 valence electrons. The second-order valence-corrected chi connectivity index (χ2v) is 5.67. The highest BCUT2D eigenvalue weighted by molar-refractivity contribution is 5.94. The van der Waals surface area contributed by atoms with Gasteiger partial charge in [-0.25, -0.2) is 0 Å². The summed E-state index contributed by atoms with van der Waals surface area (Å²) >= 11 is 0. The summed E-state index contributed by atoms with van der Waals surface area (Å²) in [5.74, 6) is -1.38. The number of carbonyl (C=O) groups is 2. The quantitative estimate of drug-likeness (QED) is 0.871. The molecule has 2 N–H and O–H groups in total. The van der Waals surface area contributed by atoms with E-state index in [0.29, 0.717) is 12.8 Å². The molecule has 0 bridgehead atoms. The molecule has 0 atom stereocenters. The van der Waals surface area contributed by atoms with Crippen LogP contribution in [0.2, 0.25) is 0 Å². The predicted octanol–water partition coefficient (Wildman–Crippen LogP) is 1.15. The lowest BCUT2D eigenvalue weighted by molar-refractivity contribution is -0.150. The van der Waals surface area contributed by atoms with Gasteiger partial charge in [-0.3, -0.25) is 14.4 Å². The van der Waals surface area contributed by atoms with E-state index >= 15 is 0 Å². The Labute approximate surface area is 122 Å².